The van der Waals surface area contributed by atoms with Gasteiger partial charge in [0.15, 0.2) is 0 Å². The van der Waals surface area contributed by atoms with Gasteiger partial charge in [-0.15, -0.1) is 0 Å². The van der Waals surface area contributed by atoms with Gasteiger partial charge in [-0.25, -0.2) is 0 Å². The number of aromatic nitrogens is 2. The van der Waals surface area contributed by atoms with Gasteiger partial charge in [0.25, 0.3) is 0 Å². The predicted molar refractivity (Wildman–Crippen MR) is 87.0 cm³/mol. The van der Waals surface area contributed by atoms with Crippen LogP contribution in [-0.2, 0) is 13.1 Å². The maximum absolute atomic E-state index is 4.30. The average molecular weight is 369 g/mol. The maximum atomic E-state index is 4.30. The molecule has 0 aliphatic carbocycles. The molecule has 0 spiro atoms. The standard InChI is InChI=1S/C15H20IN3/c1-12(2)7-17-8-13-3-5-14(6-4-13)10-19-11-15(16)9-18-19/h3-6,9,11-12,17H,7-8,10H2,1-2H3. The van der Waals surface area contributed by atoms with E-state index in [1.165, 1.54) is 14.7 Å². The molecular weight excluding hydrogens is 349 g/mol. The Bertz CT molecular complexity index is 502. The van der Waals surface area contributed by atoms with E-state index in [4.69, 9.17) is 0 Å². The summed E-state index contributed by atoms with van der Waals surface area (Å²) in [5.41, 5.74) is 2.62. The summed E-state index contributed by atoms with van der Waals surface area (Å²) in [5.74, 6) is 0.696. The molecule has 0 unspecified atom stereocenters. The minimum Gasteiger partial charge on any atom is -0.312 e. The highest BCUT2D eigenvalue weighted by atomic mass is 127. The minimum atomic E-state index is 0.696. The first-order valence-electron chi connectivity index (χ1n) is 6.60. The highest BCUT2D eigenvalue weighted by Gasteiger charge is 1.99. The van der Waals surface area contributed by atoms with E-state index in [2.05, 4.69) is 77.3 Å². The lowest BCUT2D eigenvalue weighted by atomic mass is 10.1. The van der Waals surface area contributed by atoms with Crippen LogP contribution in [0.4, 0.5) is 0 Å². The second kappa shape index (κ2) is 7.05. The fraction of sp³-hybridized carbons (Fsp3) is 0.400. The van der Waals surface area contributed by atoms with Gasteiger partial charge >= 0.3 is 0 Å². The number of nitrogens with zero attached hydrogens (tertiary/aromatic N) is 2. The molecule has 19 heavy (non-hydrogen) atoms. The number of hydrogen-bond acceptors (Lipinski definition) is 2. The molecule has 0 fully saturated rings. The SMILES string of the molecule is CC(C)CNCc1ccc(Cn2cc(I)cn2)cc1. The van der Waals surface area contributed by atoms with Crippen LogP contribution in [0.5, 0.6) is 0 Å². The summed E-state index contributed by atoms with van der Waals surface area (Å²) in [6, 6.07) is 8.75. The summed E-state index contributed by atoms with van der Waals surface area (Å²) >= 11 is 2.28. The van der Waals surface area contributed by atoms with Crippen LogP contribution in [0.15, 0.2) is 36.7 Å². The van der Waals surface area contributed by atoms with Gasteiger partial charge in [-0.2, -0.15) is 5.10 Å². The second-order valence-electron chi connectivity index (χ2n) is 5.20. The van der Waals surface area contributed by atoms with Gasteiger partial charge in [0.2, 0.25) is 0 Å². The molecule has 4 heteroatoms. The summed E-state index contributed by atoms with van der Waals surface area (Å²) in [6.45, 7) is 7.29. The molecule has 1 N–H and O–H groups in total. The lowest BCUT2D eigenvalue weighted by Crippen LogP contribution is -2.18. The summed E-state index contributed by atoms with van der Waals surface area (Å²) in [4.78, 5) is 0. The minimum absolute atomic E-state index is 0.696. The number of benzene rings is 1. The lowest BCUT2D eigenvalue weighted by molar-refractivity contribution is 0.552. The van der Waals surface area contributed by atoms with Crippen LogP contribution in [0.25, 0.3) is 0 Å². The molecule has 1 aromatic heterocycles. The molecule has 0 radical (unpaired) electrons. The van der Waals surface area contributed by atoms with Crippen molar-refractivity contribution in [3.8, 4) is 0 Å². The van der Waals surface area contributed by atoms with Crippen molar-refractivity contribution in [3.05, 3.63) is 51.4 Å². The third kappa shape index (κ3) is 4.95. The fourth-order valence-corrected chi connectivity index (χ4v) is 2.33. The Labute approximate surface area is 128 Å². The molecule has 0 saturated carbocycles. The largest absolute Gasteiger partial charge is 0.312 e. The molecule has 0 saturated heterocycles. The molecule has 1 aromatic carbocycles. The molecule has 0 atom stereocenters. The molecule has 2 rings (SSSR count). The van der Waals surface area contributed by atoms with E-state index in [0.717, 1.165) is 19.6 Å². The Hall–Kier alpha value is -0.880. The van der Waals surface area contributed by atoms with Crippen molar-refractivity contribution in [2.75, 3.05) is 6.54 Å². The van der Waals surface area contributed by atoms with Gasteiger partial charge in [0.05, 0.1) is 16.3 Å². The fourth-order valence-electron chi connectivity index (χ4n) is 1.88. The zero-order valence-electron chi connectivity index (χ0n) is 11.4. The highest BCUT2D eigenvalue weighted by molar-refractivity contribution is 14.1. The smallest absolute Gasteiger partial charge is 0.0659 e. The van der Waals surface area contributed by atoms with Crippen LogP contribution in [-0.4, -0.2) is 16.3 Å². The molecule has 2 aromatic rings. The van der Waals surface area contributed by atoms with E-state index >= 15 is 0 Å². The lowest BCUT2D eigenvalue weighted by Gasteiger charge is -2.08. The molecule has 3 nitrogen and oxygen atoms in total. The normalized spacial score (nSPS) is 11.2. The molecule has 0 aliphatic rings. The van der Waals surface area contributed by atoms with E-state index in [1.807, 2.05) is 10.9 Å². The monoisotopic (exact) mass is 369 g/mol. The van der Waals surface area contributed by atoms with Crippen molar-refractivity contribution < 1.29 is 0 Å². The van der Waals surface area contributed by atoms with E-state index in [0.29, 0.717) is 5.92 Å². The summed E-state index contributed by atoms with van der Waals surface area (Å²) in [6.07, 6.45) is 3.93. The average Bonchev–Trinajstić information content (AvgIpc) is 2.77. The number of hydrogen-bond donors (Lipinski definition) is 1. The van der Waals surface area contributed by atoms with Crippen molar-refractivity contribution in [2.24, 2.45) is 5.92 Å². The Morgan fingerprint density at radius 1 is 1.21 bits per heavy atom. The number of halogens is 1. The Balaban J connectivity index is 1.87. The van der Waals surface area contributed by atoms with Crippen molar-refractivity contribution in [1.29, 1.82) is 0 Å². The van der Waals surface area contributed by atoms with Crippen molar-refractivity contribution >= 4 is 22.6 Å². The molecule has 0 amide bonds. The van der Waals surface area contributed by atoms with E-state index in [9.17, 15) is 0 Å². The van der Waals surface area contributed by atoms with Crippen molar-refractivity contribution in [3.63, 3.8) is 0 Å². The zero-order valence-corrected chi connectivity index (χ0v) is 13.6. The Morgan fingerprint density at radius 2 is 1.89 bits per heavy atom. The van der Waals surface area contributed by atoms with Crippen LogP contribution in [0.3, 0.4) is 0 Å². The molecule has 0 bridgehead atoms. The second-order valence-corrected chi connectivity index (χ2v) is 6.44. The zero-order chi connectivity index (χ0) is 13.7. The molecule has 102 valence electrons. The number of nitrogens with one attached hydrogen (secondary N) is 1. The van der Waals surface area contributed by atoms with Gasteiger partial charge in [-0.1, -0.05) is 38.1 Å². The topological polar surface area (TPSA) is 29.9 Å². The quantitative estimate of drug-likeness (QED) is 0.792. The van der Waals surface area contributed by atoms with Gasteiger partial charge in [-0.3, -0.25) is 4.68 Å². The first kappa shape index (κ1) is 14.5. The van der Waals surface area contributed by atoms with Gasteiger partial charge in [0.1, 0.15) is 0 Å². The molecule has 0 aliphatic heterocycles. The summed E-state index contributed by atoms with van der Waals surface area (Å²) in [5, 5.41) is 7.75. The van der Waals surface area contributed by atoms with Crippen LogP contribution in [0.1, 0.15) is 25.0 Å². The van der Waals surface area contributed by atoms with E-state index in [-0.39, 0.29) is 0 Å². The van der Waals surface area contributed by atoms with Crippen LogP contribution in [0.2, 0.25) is 0 Å². The third-order valence-corrected chi connectivity index (χ3v) is 3.41. The Kier molecular flexibility index (Phi) is 5.39. The first-order chi connectivity index (χ1) is 9.13. The van der Waals surface area contributed by atoms with Crippen molar-refractivity contribution in [2.45, 2.75) is 26.9 Å². The van der Waals surface area contributed by atoms with Crippen LogP contribution < -0.4 is 5.32 Å². The third-order valence-electron chi connectivity index (χ3n) is 2.85. The molecule has 1 heterocycles. The number of rotatable bonds is 6. The Morgan fingerprint density at radius 3 is 2.47 bits per heavy atom. The highest BCUT2D eigenvalue weighted by Crippen LogP contribution is 2.08. The van der Waals surface area contributed by atoms with Gasteiger partial charge in [-0.05, 0) is 46.2 Å². The van der Waals surface area contributed by atoms with E-state index in [1.54, 1.807) is 0 Å². The predicted octanol–water partition coefficient (Wildman–Crippen LogP) is 3.28. The first-order valence-corrected chi connectivity index (χ1v) is 7.68. The van der Waals surface area contributed by atoms with Gasteiger partial charge in [0, 0.05) is 12.7 Å². The van der Waals surface area contributed by atoms with Gasteiger partial charge < -0.3 is 5.32 Å². The molecular formula is C15H20IN3. The maximum Gasteiger partial charge on any atom is 0.0659 e. The van der Waals surface area contributed by atoms with Crippen LogP contribution in [0, 0.1) is 9.49 Å². The summed E-state index contributed by atoms with van der Waals surface area (Å²) < 4.78 is 3.14. The van der Waals surface area contributed by atoms with Crippen molar-refractivity contribution in [1.82, 2.24) is 15.1 Å². The van der Waals surface area contributed by atoms with Crippen LogP contribution >= 0.6 is 22.6 Å². The van der Waals surface area contributed by atoms with E-state index < -0.39 is 0 Å². The summed E-state index contributed by atoms with van der Waals surface area (Å²) in [7, 11) is 0.